The van der Waals surface area contributed by atoms with Crippen LogP contribution in [0.3, 0.4) is 0 Å². The van der Waals surface area contributed by atoms with Crippen molar-refractivity contribution in [2.75, 3.05) is 26.2 Å². The van der Waals surface area contributed by atoms with Crippen molar-refractivity contribution >= 4 is 11.6 Å². The summed E-state index contributed by atoms with van der Waals surface area (Å²) in [5, 5.41) is 6.08. The van der Waals surface area contributed by atoms with Gasteiger partial charge in [0.15, 0.2) is 0 Å². The van der Waals surface area contributed by atoms with E-state index in [1.165, 1.54) is 0 Å². The lowest BCUT2D eigenvalue weighted by molar-refractivity contribution is -0.131. The molecular formula is C17H23N3O. The number of amides is 1. The second kappa shape index (κ2) is 7.18. The molecule has 1 aromatic rings. The third kappa shape index (κ3) is 4.26. The Labute approximate surface area is 126 Å². The summed E-state index contributed by atoms with van der Waals surface area (Å²) >= 11 is 0. The quantitative estimate of drug-likeness (QED) is 0.753. The topological polar surface area (TPSA) is 35.9 Å². The molecule has 0 radical (unpaired) electrons. The summed E-state index contributed by atoms with van der Waals surface area (Å²) in [7, 11) is 0. The van der Waals surface area contributed by atoms with Gasteiger partial charge in [-0.25, -0.2) is 5.01 Å². The molecule has 1 aliphatic heterocycles. The fourth-order valence-electron chi connectivity index (χ4n) is 2.40. The van der Waals surface area contributed by atoms with Gasteiger partial charge in [0.1, 0.15) is 0 Å². The van der Waals surface area contributed by atoms with E-state index in [1.54, 1.807) is 5.01 Å². The number of rotatable bonds is 6. The summed E-state index contributed by atoms with van der Waals surface area (Å²) in [6.07, 6.45) is 0.822. The number of hydrazone groups is 1. The molecule has 0 saturated carbocycles. The van der Waals surface area contributed by atoms with Crippen LogP contribution in [0.1, 0.15) is 25.8 Å². The van der Waals surface area contributed by atoms with E-state index in [9.17, 15) is 4.79 Å². The minimum atomic E-state index is 0.0593. The molecule has 1 amide bonds. The van der Waals surface area contributed by atoms with Gasteiger partial charge in [0.2, 0.25) is 0 Å². The minimum absolute atomic E-state index is 0.0593. The molecule has 21 heavy (non-hydrogen) atoms. The largest absolute Gasteiger partial charge is 0.291 e. The number of hydrogen-bond acceptors (Lipinski definition) is 3. The molecule has 0 saturated heterocycles. The van der Waals surface area contributed by atoms with Crippen LogP contribution in [0.15, 0.2) is 47.6 Å². The second-order valence-electron chi connectivity index (χ2n) is 5.44. The molecule has 1 aliphatic rings. The van der Waals surface area contributed by atoms with Crippen LogP contribution >= 0.6 is 0 Å². The normalized spacial score (nSPS) is 14.4. The van der Waals surface area contributed by atoms with E-state index in [1.807, 2.05) is 37.3 Å². The number of hydrogen-bond donors (Lipinski definition) is 0. The standard InChI is InChI=1S/C17H23N3O/c1-4-19(12-14(2)3)13-17(21)20-11-10-16(18-20)15-8-6-5-7-9-15/h5-9H,2,4,10-13H2,1,3H3. The first-order valence-corrected chi connectivity index (χ1v) is 7.40. The van der Waals surface area contributed by atoms with Crippen molar-refractivity contribution in [1.29, 1.82) is 0 Å². The van der Waals surface area contributed by atoms with Gasteiger partial charge in [0.25, 0.3) is 5.91 Å². The van der Waals surface area contributed by atoms with E-state index in [0.717, 1.165) is 36.4 Å². The van der Waals surface area contributed by atoms with Gasteiger partial charge in [-0.15, -0.1) is 0 Å². The van der Waals surface area contributed by atoms with Gasteiger partial charge in [-0.1, -0.05) is 49.4 Å². The zero-order valence-electron chi connectivity index (χ0n) is 12.9. The van der Waals surface area contributed by atoms with Gasteiger partial charge < -0.3 is 0 Å². The smallest absolute Gasteiger partial charge is 0.256 e. The first-order valence-electron chi connectivity index (χ1n) is 7.40. The summed E-state index contributed by atoms with van der Waals surface area (Å²) in [6.45, 7) is 10.6. The van der Waals surface area contributed by atoms with E-state index in [0.29, 0.717) is 13.1 Å². The average molecular weight is 285 g/mol. The highest BCUT2D eigenvalue weighted by Gasteiger charge is 2.22. The molecule has 0 unspecified atom stereocenters. The maximum atomic E-state index is 12.3. The highest BCUT2D eigenvalue weighted by atomic mass is 16.2. The Morgan fingerprint density at radius 3 is 2.67 bits per heavy atom. The molecule has 112 valence electrons. The molecular weight excluding hydrogens is 262 g/mol. The Morgan fingerprint density at radius 2 is 2.05 bits per heavy atom. The summed E-state index contributed by atoms with van der Waals surface area (Å²) < 4.78 is 0. The molecule has 0 atom stereocenters. The van der Waals surface area contributed by atoms with Crippen LogP contribution in [0.25, 0.3) is 0 Å². The lowest BCUT2D eigenvalue weighted by Gasteiger charge is -2.21. The van der Waals surface area contributed by atoms with E-state index in [-0.39, 0.29) is 5.91 Å². The van der Waals surface area contributed by atoms with Crippen LogP contribution < -0.4 is 0 Å². The highest BCUT2D eigenvalue weighted by Crippen LogP contribution is 2.14. The van der Waals surface area contributed by atoms with Crippen LogP contribution in [0.4, 0.5) is 0 Å². The van der Waals surface area contributed by atoms with Crippen molar-refractivity contribution in [2.45, 2.75) is 20.3 Å². The van der Waals surface area contributed by atoms with Gasteiger partial charge in [0.05, 0.1) is 18.8 Å². The van der Waals surface area contributed by atoms with Crippen LogP contribution in [-0.4, -0.2) is 47.7 Å². The lowest BCUT2D eigenvalue weighted by atomic mass is 10.1. The molecule has 4 nitrogen and oxygen atoms in total. The molecule has 0 aliphatic carbocycles. The third-order valence-corrected chi connectivity index (χ3v) is 3.50. The number of likely N-dealkylation sites (N-methyl/N-ethyl adjacent to an activating group) is 1. The first-order chi connectivity index (χ1) is 10.1. The number of carbonyl (C=O) groups excluding carboxylic acids is 1. The van der Waals surface area contributed by atoms with Crippen molar-refractivity contribution in [2.24, 2.45) is 5.10 Å². The maximum Gasteiger partial charge on any atom is 0.256 e. The number of benzene rings is 1. The second-order valence-corrected chi connectivity index (χ2v) is 5.44. The predicted octanol–water partition coefficient (Wildman–Crippen LogP) is 2.52. The van der Waals surface area contributed by atoms with Gasteiger partial charge >= 0.3 is 0 Å². The molecule has 0 N–H and O–H groups in total. The summed E-state index contributed by atoms with van der Waals surface area (Å²) in [5.74, 6) is 0.0593. The van der Waals surface area contributed by atoms with Gasteiger partial charge in [-0.3, -0.25) is 9.69 Å². The average Bonchev–Trinajstić information content (AvgIpc) is 2.97. The van der Waals surface area contributed by atoms with E-state index in [2.05, 4.69) is 23.5 Å². The Balaban J connectivity index is 1.98. The molecule has 4 heteroatoms. The molecule has 0 spiro atoms. The molecule has 0 aromatic heterocycles. The minimum Gasteiger partial charge on any atom is -0.291 e. The van der Waals surface area contributed by atoms with E-state index < -0.39 is 0 Å². The Hall–Kier alpha value is -1.94. The SMILES string of the molecule is C=C(C)CN(CC)CC(=O)N1CCC(c2ccccc2)=N1. The zero-order valence-corrected chi connectivity index (χ0v) is 12.9. The molecule has 2 rings (SSSR count). The zero-order chi connectivity index (χ0) is 15.2. The number of nitrogens with zero attached hydrogens (tertiary/aromatic N) is 3. The Kier molecular flexibility index (Phi) is 5.28. The number of carbonyl (C=O) groups is 1. The summed E-state index contributed by atoms with van der Waals surface area (Å²) in [4.78, 5) is 14.4. The van der Waals surface area contributed by atoms with Crippen molar-refractivity contribution in [1.82, 2.24) is 9.91 Å². The Bertz CT molecular complexity index is 536. The third-order valence-electron chi connectivity index (χ3n) is 3.50. The Morgan fingerprint density at radius 1 is 1.33 bits per heavy atom. The van der Waals surface area contributed by atoms with Crippen molar-refractivity contribution in [3.63, 3.8) is 0 Å². The van der Waals surface area contributed by atoms with Crippen LogP contribution in [0.5, 0.6) is 0 Å². The predicted molar refractivity (Wildman–Crippen MR) is 86.2 cm³/mol. The molecule has 1 aromatic carbocycles. The monoisotopic (exact) mass is 285 g/mol. The van der Waals surface area contributed by atoms with Crippen LogP contribution in [0.2, 0.25) is 0 Å². The van der Waals surface area contributed by atoms with E-state index in [4.69, 9.17) is 0 Å². The lowest BCUT2D eigenvalue weighted by Crippen LogP contribution is -2.37. The van der Waals surface area contributed by atoms with Crippen molar-refractivity contribution in [3.8, 4) is 0 Å². The highest BCUT2D eigenvalue weighted by molar-refractivity contribution is 6.02. The van der Waals surface area contributed by atoms with Gasteiger partial charge in [0, 0.05) is 13.0 Å². The summed E-state index contributed by atoms with van der Waals surface area (Å²) in [5.41, 5.74) is 3.16. The van der Waals surface area contributed by atoms with Gasteiger partial charge in [-0.2, -0.15) is 5.10 Å². The first kappa shape index (κ1) is 15.4. The molecule has 0 fully saturated rings. The van der Waals surface area contributed by atoms with Crippen molar-refractivity contribution in [3.05, 3.63) is 48.0 Å². The maximum absolute atomic E-state index is 12.3. The fourth-order valence-corrected chi connectivity index (χ4v) is 2.40. The molecule has 0 bridgehead atoms. The van der Waals surface area contributed by atoms with E-state index >= 15 is 0 Å². The van der Waals surface area contributed by atoms with Crippen molar-refractivity contribution < 1.29 is 4.79 Å². The van der Waals surface area contributed by atoms with Crippen LogP contribution in [0, 0.1) is 0 Å². The summed E-state index contributed by atoms with van der Waals surface area (Å²) in [6, 6.07) is 10.0. The molecule has 1 heterocycles. The van der Waals surface area contributed by atoms with Crippen LogP contribution in [-0.2, 0) is 4.79 Å². The fraction of sp³-hybridized carbons (Fsp3) is 0.412. The van der Waals surface area contributed by atoms with Gasteiger partial charge in [-0.05, 0) is 19.0 Å².